The third-order valence-corrected chi connectivity index (χ3v) is 12.6. The van der Waals surface area contributed by atoms with Gasteiger partial charge in [0.25, 0.3) is 0 Å². The minimum atomic E-state index is -4.28. The van der Waals surface area contributed by atoms with Crippen LogP contribution in [0.1, 0.15) is 239 Å². The molecule has 376 valence electrons. The summed E-state index contributed by atoms with van der Waals surface area (Å²) >= 11 is 0. The molecule has 0 spiro atoms. The number of unbranched alkanes of at least 4 members (excludes halogenated alkanes) is 28. The Morgan fingerprint density at radius 3 is 1.28 bits per heavy atom. The van der Waals surface area contributed by atoms with Gasteiger partial charge in [0.15, 0.2) is 0 Å². The van der Waals surface area contributed by atoms with Gasteiger partial charge in [0.2, 0.25) is 0 Å². The molecule has 0 aliphatic heterocycles. The number of nitrogens with zero attached hydrogens (tertiary/aromatic N) is 1. The normalized spacial score (nSPS) is 13.9. The Morgan fingerprint density at radius 2 is 0.859 bits per heavy atom. The summed E-state index contributed by atoms with van der Waals surface area (Å²) in [6, 6.07) is 0. The van der Waals surface area contributed by atoms with Gasteiger partial charge in [-0.2, -0.15) is 0 Å². The fourth-order valence-corrected chi connectivity index (χ4v) is 8.18. The number of allylic oxidation sites excluding steroid dienone is 8. The lowest BCUT2D eigenvalue weighted by Crippen LogP contribution is -2.37. The van der Waals surface area contributed by atoms with Gasteiger partial charge in [-0.3, -0.25) is 13.8 Å². The van der Waals surface area contributed by atoms with E-state index in [1.165, 1.54) is 173 Å². The monoisotopic (exact) mass is 923 g/mol. The first-order valence-corrected chi connectivity index (χ1v) is 28.4. The molecule has 0 saturated heterocycles. The molecule has 0 amide bonds. The summed E-state index contributed by atoms with van der Waals surface area (Å²) in [5.41, 5.74) is 0. The van der Waals surface area contributed by atoms with E-state index in [0.29, 0.717) is 24.1 Å². The van der Waals surface area contributed by atoms with Gasteiger partial charge in [-0.1, -0.05) is 204 Å². The minimum Gasteiger partial charge on any atom is -0.457 e. The number of esters is 1. The van der Waals surface area contributed by atoms with Crippen LogP contribution in [0.25, 0.3) is 0 Å². The minimum absolute atomic E-state index is 0.0863. The molecule has 0 aromatic carbocycles. The number of likely N-dealkylation sites (N-methyl/N-ethyl adjacent to an activating group) is 1. The molecule has 0 aliphatic carbocycles. The Labute approximate surface area is 397 Å². The van der Waals surface area contributed by atoms with Crippen molar-refractivity contribution in [3.8, 4) is 0 Å². The predicted octanol–water partition coefficient (Wildman–Crippen LogP) is 16.7. The van der Waals surface area contributed by atoms with Gasteiger partial charge in [0.05, 0.1) is 34.4 Å². The van der Waals surface area contributed by atoms with E-state index in [1.807, 2.05) is 21.1 Å². The number of hydrogen-bond donors (Lipinski definition) is 1. The summed E-state index contributed by atoms with van der Waals surface area (Å²) in [5.74, 6) is -0.316. The van der Waals surface area contributed by atoms with E-state index in [9.17, 15) is 14.3 Å². The second kappa shape index (κ2) is 47.9. The quantitative estimate of drug-likeness (QED) is 0.0214. The summed E-state index contributed by atoms with van der Waals surface area (Å²) in [5, 5.41) is 0. The molecule has 0 heterocycles. The van der Waals surface area contributed by atoms with Crippen molar-refractivity contribution in [1.82, 2.24) is 0 Å². The van der Waals surface area contributed by atoms with E-state index in [0.717, 1.165) is 44.9 Å². The number of rotatable bonds is 50. The molecule has 9 heteroatoms. The fourth-order valence-electron chi connectivity index (χ4n) is 7.44. The van der Waals surface area contributed by atoms with Crippen LogP contribution >= 0.6 is 7.82 Å². The van der Waals surface area contributed by atoms with Crippen molar-refractivity contribution < 1.29 is 37.3 Å². The van der Waals surface area contributed by atoms with Crippen LogP contribution in [0.5, 0.6) is 0 Å². The molecular formula is C55H105NO7P+. The molecular weight excluding hydrogens is 818 g/mol. The second-order valence-corrected chi connectivity index (χ2v) is 20.7. The van der Waals surface area contributed by atoms with Gasteiger partial charge in [0, 0.05) is 13.0 Å². The van der Waals surface area contributed by atoms with E-state index in [2.05, 4.69) is 62.5 Å². The molecule has 0 rings (SSSR count). The van der Waals surface area contributed by atoms with Gasteiger partial charge in [0.1, 0.15) is 19.3 Å². The molecule has 0 saturated carbocycles. The highest BCUT2D eigenvalue weighted by Gasteiger charge is 2.26. The molecule has 0 fully saturated rings. The maximum atomic E-state index is 12.8. The van der Waals surface area contributed by atoms with Crippen molar-refractivity contribution in [2.75, 3.05) is 54.1 Å². The highest BCUT2D eigenvalue weighted by molar-refractivity contribution is 7.47. The van der Waals surface area contributed by atoms with E-state index < -0.39 is 13.9 Å². The lowest BCUT2D eigenvalue weighted by molar-refractivity contribution is -0.870. The topological polar surface area (TPSA) is 91.3 Å². The molecule has 0 radical (unpaired) electrons. The van der Waals surface area contributed by atoms with E-state index in [-0.39, 0.29) is 25.8 Å². The molecule has 8 nitrogen and oxygen atoms in total. The predicted molar refractivity (Wildman–Crippen MR) is 275 cm³/mol. The highest BCUT2D eigenvalue weighted by atomic mass is 31.2. The molecule has 0 aliphatic rings. The Morgan fingerprint density at radius 1 is 0.484 bits per heavy atom. The van der Waals surface area contributed by atoms with Crippen LogP contribution in [-0.4, -0.2) is 75.6 Å². The number of ether oxygens (including phenoxy) is 2. The van der Waals surface area contributed by atoms with E-state index in [4.69, 9.17) is 18.5 Å². The molecule has 0 bridgehead atoms. The first-order valence-electron chi connectivity index (χ1n) is 26.9. The van der Waals surface area contributed by atoms with Gasteiger partial charge in [-0.05, 0) is 77.0 Å². The Hall–Kier alpha value is -1.54. The maximum absolute atomic E-state index is 12.8. The largest absolute Gasteiger partial charge is 0.472 e. The van der Waals surface area contributed by atoms with Crippen molar-refractivity contribution in [2.24, 2.45) is 0 Å². The molecule has 2 atom stereocenters. The van der Waals surface area contributed by atoms with Crippen molar-refractivity contribution in [1.29, 1.82) is 0 Å². The third kappa shape index (κ3) is 51.4. The number of carbonyl (C=O) groups is 1. The fraction of sp³-hybridized carbons (Fsp3) is 0.836. The number of phosphoric acid groups is 1. The molecule has 64 heavy (non-hydrogen) atoms. The van der Waals surface area contributed by atoms with E-state index >= 15 is 0 Å². The third-order valence-electron chi connectivity index (χ3n) is 11.6. The standard InChI is InChI=1S/C55H104NO7P/c1-6-8-10-12-14-16-18-20-22-24-26-27-28-29-30-32-34-36-38-40-42-44-46-48-55(57)63-54(53-62-64(58,59)61-51-49-56(3,4)5)52-60-50-47-45-43-41-39-37-35-33-31-25-23-21-19-17-15-13-11-9-7-2/h17-20,23-26,54H,6-16,21-22,27-53H2,1-5H3/p+1/b19-17-,20-18-,25-23-,26-24-. The van der Waals surface area contributed by atoms with Crippen LogP contribution in [0.2, 0.25) is 0 Å². The number of hydrogen-bond acceptors (Lipinski definition) is 6. The lowest BCUT2D eigenvalue weighted by atomic mass is 10.0. The average Bonchev–Trinajstić information content (AvgIpc) is 3.25. The van der Waals surface area contributed by atoms with Crippen molar-refractivity contribution in [3.63, 3.8) is 0 Å². The van der Waals surface area contributed by atoms with Crippen LogP contribution in [0.4, 0.5) is 0 Å². The maximum Gasteiger partial charge on any atom is 0.472 e. The smallest absolute Gasteiger partial charge is 0.457 e. The lowest BCUT2D eigenvalue weighted by Gasteiger charge is -2.24. The average molecular weight is 923 g/mol. The van der Waals surface area contributed by atoms with Crippen molar-refractivity contribution in [3.05, 3.63) is 48.6 Å². The zero-order chi connectivity index (χ0) is 46.9. The van der Waals surface area contributed by atoms with Crippen molar-refractivity contribution >= 4 is 13.8 Å². The Bertz CT molecular complexity index is 1160. The van der Waals surface area contributed by atoms with Crippen LogP contribution in [0, 0.1) is 0 Å². The Kier molecular flexibility index (Phi) is 46.8. The van der Waals surface area contributed by atoms with Gasteiger partial charge < -0.3 is 18.9 Å². The second-order valence-electron chi connectivity index (χ2n) is 19.3. The van der Waals surface area contributed by atoms with Crippen molar-refractivity contribution in [2.45, 2.75) is 245 Å². The van der Waals surface area contributed by atoms with Crippen LogP contribution in [-0.2, 0) is 27.9 Å². The van der Waals surface area contributed by atoms with Crippen LogP contribution in [0.15, 0.2) is 48.6 Å². The van der Waals surface area contributed by atoms with Gasteiger partial charge in [-0.15, -0.1) is 0 Å². The summed E-state index contributed by atoms with van der Waals surface area (Å²) < 4.78 is 35.2. The summed E-state index contributed by atoms with van der Waals surface area (Å²) in [4.78, 5) is 23.0. The zero-order valence-corrected chi connectivity index (χ0v) is 43.7. The molecule has 0 aromatic rings. The van der Waals surface area contributed by atoms with Gasteiger partial charge >= 0.3 is 13.8 Å². The first-order chi connectivity index (χ1) is 31.1. The van der Waals surface area contributed by atoms with E-state index in [1.54, 1.807) is 0 Å². The number of quaternary nitrogens is 1. The summed E-state index contributed by atoms with van der Waals surface area (Å²) in [6.07, 6.45) is 60.1. The molecule has 2 unspecified atom stereocenters. The van der Waals surface area contributed by atoms with Crippen LogP contribution in [0.3, 0.4) is 0 Å². The first kappa shape index (κ1) is 62.5. The van der Waals surface area contributed by atoms with Gasteiger partial charge in [-0.25, -0.2) is 4.57 Å². The Balaban J connectivity index is 4.12. The summed E-state index contributed by atoms with van der Waals surface area (Å²) in [7, 11) is 1.66. The SMILES string of the molecule is CCCCCC/C=C\C/C=C\CCCCCCCCCCOCC(COP(=O)(O)OCC[N+](C)(C)C)OC(=O)CCCCCCCCCCCCC/C=C\C/C=C\CCCCCCC. The zero-order valence-electron chi connectivity index (χ0n) is 42.8. The molecule has 0 aromatic heterocycles. The number of phosphoric ester groups is 1. The summed E-state index contributed by atoms with van der Waals surface area (Å²) in [6.45, 7) is 5.61. The molecule has 1 N–H and O–H groups in total. The highest BCUT2D eigenvalue weighted by Crippen LogP contribution is 2.43. The number of carbonyl (C=O) groups excluding carboxylic acids is 1. The van der Waals surface area contributed by atoms with Crippen LogP contribution < -0.4 is 0 Å².